The zero-order chi connectivity index (χ0) is 13.2. The monoisotopic (exact) mass is 266 g/mol. The quantitative estimate of drug-likeness (QED) is 0.904. The Hall–Kier alpha value is -0.570. The fraction of sp³-hybridized carbons (Fsp3) is 0.600. The highest BCUT2D eigenvalue weighted by atomic mass is 35.5. The summed E-state index contributed by atoms with van der Waals surface area (Å²) >= 11 is 6.17. The van der Waals surface area contributed by atoms with Crippen LogP contribution < -0.4 is 5.73 Å². The molecule has 1 fully saturated rings. The van der Waals surface area contributed by atoms with Crippen molar-refractivity contribution in [1.29, 1.82) is 0 Å². The summed E-state index contributed by atoms with van der Waals surface area (Å²) in [6.07, 6.45) is 2.26. The van der Waals surface area contributed by atoms with Crippen molar-refractivity contribution in [2.45, 2.75) is 32.7 Å². The third kappa shape index (κ3) is 3.47. The minimum Gasteiger partial charge on any atom is -0.324 e. The average Bonchev–Trinajstić information content (AvgIpc) is 2.66. The number of benzene rings is 1. The molecule has 1 saturated heterocycles. The lowest BCUT2D eigenvalue weighted by molar-refractivity contribution is 0.281. The molecule has 2 N–H and O–H groups in total. The van der Waals surface area contributed by atoms with Gasteiger partial charge in [0, 0.05) is 17.6 Å². The van der Waals surface area contributed by atoms with Gasteiger partial charge in [0.15, 0.2) is 0 Å². The van der Waals surface area contributed by atoms with E-state index in [1.54, 1.807) is 0 Å². The molecule has 18 heavy (non-hydrogen) atoms. The number of likely N-dealkylation sites (tertiary alicyclic amines) is 1. The van der Waals surface area contributed by atoms with Crippen LogP contribution in [0.4, 0.5) is 0 Å². The van der Waals surface area contributed by atoms with Gasteiger partial charge in [-0.05, 0) is 43.0 Å². The smallest absolute Gasteiger partial charge is 0.0453 e. The van der Waals surface area contributed by atoms with Crippen molar-refractivity contribution < 1.29 is 0 Å². The maximum Gasteiger partial charge on any atom is 0.0453 e. The molecule has 1 atom stereocenters. The second-order valence-corrected chi connectivity index (χ2v) is 6.51. The van der Waals surface area contributed by atoms with Crippen LogP contribution >= 0.6 is 11.6 Å². The molecule has 1 aliphatic heterocycles. The van der Waals surface area contributed by atoms with Gasteiger partial charge >= 0.3 is 0 Å². The van der Waals surface area contributed by atoms with Gasteiger partial charge in [0.2, 0.25) is 0 Å². The largest absolute Gasteiger partial charge is 0.324 e. The molecule has 0 amide bonds. The second kappa shape index (κ2) is 5.60. The molecule has 1 aliphatic rings. The Morgan fingerprint density at radius 1 is 1.39 bits per heavy atom. The molecule has 2 nitrogen and oxygen atoms in total. The topological polar surface area (TPSA) is 29.3 Å². The molecular weight excluding hydrogens is 244 g/mol. The van der Waals surface area contributed by atoms with Crippen LogP contribution in [0.15, 0.2) is 24.3 Å². The SMILES string of the molecule is CC1(C)CCN(CCC(N)c2ccccc2Cl)C1. The van der Waals surface area contributed by atoms with Crippen LogP contribution in [0.1, 0.15) is 38.3 Å². The number of nitrogens with zero attached hydrogens (tertiary/aromatic N) is 1. The summed E-state index contributed by atoms with van der Waals surface area (Å²) < 4.78 is 0. The van der Waals surface area contributed by atoms with Crippen LogP contribution in [0.25, 0.3) is 0 Å². The average molecular weight is 267 g/mol. The van der Waals surface area contributed by atoms with Crippen LogP contribution in [0.2, 0.25) is 5.02 Å². The lowest BCUT2D eigenvalue weighted by Gasteiger charge is -2.21. The summed E-state index contributed by atoms with van der Waals surface area (Å²) in [6, 6.07) is 7.93. The van der Waals surface area contributed by atoms with E-state index in [1.165, 1.54) is 19.5 Å². The van der Waals surface area contributed by atoms with E-state index in [0.717, 1.165) is 23.6 Å². The maximum atomic E-state index is 6.23. The van der Waals surface area contributed by atoms with Crippen molar-refractivity contribution in [3.63, 3.8) is 0 Å². The Labute approximate surface area is 115 Å². The summed E-state index contributed by atoms with van der Waals surface area (Å²) in [6.45, 7) is 8.11. The minimum atomic E-state index is 0.0439. The molecule has 0 aliphatic carbocycles. The number of hydrogen-bond donors (Lipinski definition) is 1. The van der Waals surface area contributed by atoms with Crippen LogP contribution in [-0.4, -0.2) is 24.5 Å². The van der Waals surface area contributed by atoms with E-state index in [2.05, 4.69) is 18.7 Å². The first kappa shape index (κ1) is 13.9. The first-order valence-corrected chi connectivity index (χ1v) is 7.08. The van der Waals surface area contributed by atoms with Gasteiger partial charge in [-0.3, -0.25) is 0 Å². The van der Waals surface area contributed by atoms with Crippen molar-refractivity contribution in [2.24, 2.45) is 11.1 Å². The molecule has 3 heteroatoms. The Morgan fingerprint density at radius 3 is 2.72 bits per heavy atom. The molecule has 1 aromatic rings. The molecular formula is C15H23ClN2. The van der Waals surface area contributed by atoms with Gasteiger partial charge in [-0.1, -0.05) is 43.6 Å². The summed E-state index contributed by atoms with van der Waals surface area (Å²) in [7, 11) is 0. The van der Waals surface area contributed by atoms with E-state index in [1.807, 2.05) is 24.3 Å². The van der Waals surface area contributed by atoms with Gasteiger partial charge in [0.05, 0.1) is 0 Å². The third-order valence-corrected chi connectivity index (χ3v) is 4.16. The Balaban J connectivity index is 1.86. The van der Waals surface area contributed by atoms with E-state index >= 15 is 0 Å². The number of halogens is 1. The molecule has 1 heterocycles. The third-order valence-electron chi connectivity index (χ3n) is 3.82. The summed E-state index contributed by atoms with van der Waals surface area (Å²) in [5.41, 5.74) is 7.76. The number of rotatable bonds is 4. The van der Waals surface area contributed by atoms with Gasteiger partial charge in [-0.15, -0.1) is 0 Å². The van der Waals surface area contributed by atoms with E-state index in [4.69, 9.17) is 17.3 Å². The van der Waals surface area contributed by atoms with Crippen molar-refractivity contribution in [1.82, 2.24) is 4.90 Å². The van der Waals surface area contributed by atoms with Crippen LogP contribution in [0, 0.1) is 5.41 Å². The molecule has 1 unspecified atom stereocenters. The fourth-order valence-electron chi connectivity index (χ4n) is 2.67. The normalized spacial score (nSPS) is 21.1. The minimum absolute atomic E-state index is 0.0439. The van der Waals surface area contributed by atoms with Crippen LogP contribution in [0.5, 0.6) is 0 Å². The van der Waals surface area contributed by atoms with E-state index in [9.17, 15) is 0 Å². The van der Waals surface area contributed by atoms with Gasteiger partial charge in [-0.2, -0.15) is 0 Å². The zero-order valence-corrected chi connectivity index (χ0v) is 12.1. The lowest BCUT2D eigenvalue weighted by atomic mass is 9.93. The molecule has 2 rings (SSSR count). The summed E-state index contributed by atoms with van der Waals surface area (Å²) in [4.78, 5) is 2.51. The maximum absolute atomic E-state index is 6.23. The predicted octanol–water partition coefficient (Wildman–Crippen LogP) is 3.46. The molecule has 0 saturated carbocycles. The summed E-state index contributed by atoms with van der Waals surface area (Å²) in [5.74, 6) is 0. The van der Waals surface area contributed by atoms with Crippen molar-refractivity contribution in [3.8, 4) is 0 Å². The zero-order valence-electron chi connectivity index (χ0n) is 11.3. The first-order valence-electron chi connectivity index (χ1n) is 6.70. The predicted molar refractivity (Wildman–Crippen MR) is 77.8 cm³/mol. The van der Waals surface area contributed by atoms with Crippen molar-refractivity contribution >= 4 is 11.6 Å². The molecule has 0 radical (unpaired) electrons. The standard InChI is InChI=1S/C15H23ClN2/c1-15(2)8-10-18(11-15)9-7-14(17)12-5-3-4-6-13(12)16/h3-6,14H,7-11,17H2,1-2H3. The molecule has 100 valence electrons. The Morgan fingerprint density at radius 2 is 2.11 bits per heavy atom. The molecule has 0 bridgehead atoms. The second-order valence-electron chi connectivity index (χ2n) is 6.11. The first-order chi connectivity index (χ1) is 8.48. The fourth-order valence-corrected chi connectivity index (χ4v) is 2.94. The number of nitrogens with two attached hydrogens (primary N) is 1. The van der Waals surface area contributed by atoms with E-state index < -0.39 is 0 Å². The van der Waals surface area contributed by atoms with Gasteiger partial charge in [-0.25, -0.2) is 0 Å². The highest BCUT2D eigenvalue weighted by Crippen LogP contribution is 2.30. The Kier molecular flexibility index (Phi) is 4.31. The highest BCUT2D eigenvalue weighted by molar-refractivity contribution is 6.31. The van der Waals surface area contributed by atoms with Gasteiger partial charge in [0.1, 0.15) is 0 Å². The lowest BCUT2D eigenvalue weighted by Crippen LogP contribution is -2.27. The highest BCUT2D eigenvalue weighted by Gasteiger charge is 2.28. The van der Waals surface area contributed by atoms with Crippen molar-refractivity contribution in [3.05, 3.63) is 34.9 Å². The van der Waals surface area contributed by atoms with E-state index in [0.29, 0.717) is 5.41 Å². The van der Waals surface area contributed by atoms with Gasteiger partial charge < -0.3 is 10.6 Å². The van der Waals surface area contributed by atoms with Crippen molar-refractivity contribution in [2.75, 3.05) is 19.6 Å². The van der Waals surface area contributed by atoms with Crippen LogP contribution in [-0.2, 0) is 0 Å². The number of hydrogen-bond acceptors (Lipinski definition) is 2. The summed E-state index contributed by atoms with van der Waals surface area (Å²) in [5, 5.41) is 0.784. The molecule has 0 aromatic heterocycles. The Bertz CT molecular complexity index is 403. The van der Waals surface area contributed by atoms with E-state index in [-0.39, 0.29) is 6.04 Å². The van der Waals surface area contributed by atoms with Crippen LogP contribution in [0.3, 0.4) is 0 Å². The van der Waals surface area contributed by atoms with Gasteiger partial charge in [0.25, 0.3) is 0 Å². The molecule has 1 aromatic carbocycles. The molecule has 0 spiro atoms.